The largest absolute Gasteiger partial charge is 0.321 e. The number of nitrogens with one attached hydrogen (secondary N) is 2. The van der Waals surface area contributed by atoms with E-state index in [-0.39, 0.29) is 10.9 Å². The van der Waals surface area contributed by atoms with Gasteiger partial charge in [-0.2, -0.15) is 0 Å². The number of anilines is 1. The lowest BCUT2D eigenvalue weighted by molar-refractivity contribution is -0.112. The first-order chi connectivity index (χ1) is 8.88. The van der Waals surface area contributed by atoms with Crippen molar-refractivity contribution in [2.45, 2.75) is 11.9 Å². The van der Waals surface area contributed by atoms with Crippen molar-refractivity contribution in [3.05, 3.63) is 29.5 Å². The van der Waals surface area contributed by atoms with Crippen LogP contribution >= 0.6 is 0 Å². The van der Waals surface area contributed by atoms with Gasteiger partial charge in [0.1, 0.15) is 0 Å². The molecule has 1 amide bonds. The van der Waals surface area contributed by atoms with E-state index >= 15 is 0 Å². The van der Waals surface area contributed by atoms with Crippen LogP contribution in [0.25, 0.3) is 0 Å². The highest BCUT2D eigenvalue weighted by molar-refractivity contribution is 7.90. The minimum Gasteiger partial charge on any atom is -0.321 e. The highest BCUT2D eigenvalue weighted by Gasteiger charge is 2.16. The summed E-state index contributed by atoms with van der Waals surface area (Å²) in [4.78, 5) is 15.7. The Morgan fingerprint density at radius 1 is 1.37 bits per heavy atom. The molecule has 0 unspecified atom stereocenters. The number of pyridine rings is 1. The predicted octanol–water partition coefficient (Wildman–Crippen LogP) is 0.343. The highest BCUT2D eigenvalue weighted by Crippen LogP contribution is 2.14. The van der Waals surface area contributed by atoms with Crippen molar-refractivity contribution in [1.82, 2.24) is 10.3 Å². The summed E-state index contributed by atoms with van der Waals surface area (Å²) in [5.41, 5.74) is 2.24. The molecule has 1 aromatic heterocycles. The molecule has 0 saturated carbocycles. The van der Waals surface area contributed by atoms with Crippen LogP contribution in [0.15, 0.2) is 34.5 Å². The fraction of sp³-hybridized carbons (Fsp3) is 0.333. The van der Waals surface area contributed by atoms with Crippen LogP contribution in [0.1, 0.15) is 6.92 Å². The average Bonchev–Trinajstić information content (AvgIpc) is 2.26. The molecule has 0 aliphatic carbocycles. The number of amides is 1. The fourth-order valence-electron chi connectivity index (χ4n) is 1.57. The molecule has 6 nitrogen and oxygen atoms in total. The first-order valence-corrected chi connectivity index (χ1v) is 7.64. The maximum absolute atomic E-state index is 11.9. The summed E-state index contributed by atoms with van der Waals surface area (Å²) in [6, 6.07) is 2.90. The van der Waals surface area contributed by atoms with E-state index in [4.69, 9.17) is 0 Å². The van der Waals surface area contributed by atoms with Gasteiger partial charge in [-0.05, 0) is 24.6 Å². The Kier molecular flexibility index (Phi) is 3.68. The summed E-state index contributed by atoms with van der Waals surface area (Å²) in [5.74, 6) is -0.189. The summed E-state index contributed by atoms with van der Waals surface area (Å²) in [6.45, 7) is 3.25. The highest BCUT2D eigenvalue weighted by atomic mass is 32.2. The van der Waals surface area contributed by atoms with Gasteiger partial charge in [0.15, 0.2) is 14.9 Å². The number of carbonyl (C=O) groups is 1. The van der Waals surface area contributed by atoms with Crippen molar-refractivity contribution in [3.63, 3.8) is 0 Å². The quantitative estimate of drug-likeness (QED) is 0.780. The molecule has 2 N–H and O–H groups in total. The van der Waals surface area contributed by atoms with Crippen molar-refractivity contribution in [2.24, 2.45) is 0 Å². The van der Waals surface area contributed by atoms with Crippen molar-refractivity contribution >= 4 is 21.4 Å². The van der Waals surface area contributed by atoms with Gasteiger partial charge in [0.2, 0.25) is 0 Å². The van der Waals surface area contributed by atoms with Gasteiger partial charge in [0.25, 0.3) is 5.91 Å². The minimum absolute atomic E-state index is 0.0104. The maximum atomic E-state index is 11.9. The Morgan fingerprint density at radius 2 is 2.05 bits per heavy atom. The van der Waals surface area contributed by atoms with Gasteiger partial charge in [0.05, 0.1) is 11.9 Å². The fourth-order valence-corrected chi connectivity index (χ4v) is 2.13. The Bertz CT molecular complexity index is 627. The molecule has 7 heteroatoms. The van der Waals surface area contributed by atoms with E-state index in [1.54, 1.807) is 6.92 Å². The molecule has 0 spiro atoms. The number of rotatable bonds is 3. The van der Waals surface area contributed by atoms with Crippen LogP contribution in [-0.4, -0.2) is 38.7 Å². The lowest BCUT2D eigenvalue weighted by Crippen LogP contribution is -2.36. The van der Waals surface area contributed by atoms with E-state index in [0.717, 1.165) is 24.9 Å². The SMILES string of the molecule is CC(C(=O)Nc1ccc(S(C)(=O)=O)nc1)=C1CNC1. The van der Waals surface area contributed by atoms with Crippen LogP contribution in [0.3, 0.4) is 0 Å². The van der Waals surface area contributed by atoms with E-state index < -0.39 is 9.84 Å². The number of sulfone groups is 1. The normalized spacial score (nSPS) is 14.7. The van der Waals surface area contributed by atoms with E-state index in [1.165, 1.54) is 18.3 Å². The zero-order chi connectivity index (χ0) is 14.0. The Morgan fingerprint density at radius 3 is 2.47 bits per heavy atom. The van der Waals surface area contributed by atoms with Gasteiger partial charge in [-0.3, -0.25) is 4.79 Å². The third-order valence-corrected chi connectivity index (χ3v) is 3.92. The smallest absolute Gasteiger partial charge is 0.251 e. The number of hydrogen-bond acceptors (Lipinski definition) is 5. The number of carbonyl (C=O) groups excluding carboxylic acids is 1. The molecular formula is C12H15N3O3S. The third-order valence-electron chi connectivity index (χ3n) is 2.92. The predicted molar refractivity (Wildman–Crippen MR) is 71.5 cm³/mol. The van der Waals surface area contributed by atoms with E-state index in [9.17, 15) is 13.2 Å². The molecule has 2 heterocycles. The van der Waals surface area contributed by atoms with Gasteiger partial charge in [-0.25, -0.2) is 13.4 Å². The molecule has 0 atom stereocenters. The van der Waals surface area contributed by atoms with Gasteiger partial charge in [0, 0.05) is 24.9 Å². The van der Waals surface area contributed by atoms with E-state index in [1.807, 2.05) is 0 Å². The molecular weight excluding hydrogens is 266 g/mol. The molecule has 1 aliphatic rings. The van der Waals surface area contributed by atoms with Crippen molar-refractivity contribution in [1.29, 1.82) is 0 Å². The van der Waals surface area contributed by atoms with Crippen LogP contribution in [0.4, 0.5) is 5.69 Å². The van der Waals surface area contributed by atoms with Crippen LogP contribution in [0, 0.1) is 0 Å². The molecule has 19 heavy (non-hydrogen) atoms. The summed E-state index contributed by atoms with van der Waals surface area (Å²) >= 11 is 0. The second-order valence-electron chi connectivity index (χ2n) is 4.44. The number of aromatic nitrogens is 1. The van der Waals surface area contributed by atoms with Gasteiger partial charge >= 0.3 is 0 Å². The van der Waals surface area contributed by atoms with E-state index in [2.05, 4.69) is 15.6 Å². The van der Waals surface area contributed by atoms with Crippen LogP contribution in [0.5, 0.6) is 0 Å². The summed E-state index contributed by atoms with van der Waals surface area (Å²) < 4.78 is 22.5. The summed E-state index contributed by atoms with van der Waals surface area (Å²) in [7, 11) is -3.31. The van der Waals surface area contributed by atoms with Crippen molar-refractivity contribution < 1.29 is 13.2 Å². The van der Waals surface area contributed by atoms with E-state index in [0.29, 0.717) is 11.3 Å². The van der Waals surface area contributed by atoms with Gasteiger partial charge < -0.3 is 10.6 Å². The zero-order valence-electron chi connectivity index (χ0n) is 10.7. The van der Waals surface area contributed by atoms with Gasteiger partial charge in [-0.15, -0.1) is 0 Å². The lowest BCUT2D eigenvalue weighted by atomic mass is 10.0. The Hall–Kier alpha value is -1.73. The molecule has 1 saturated heterocycles. The molecule has 2 rings (SSSR count). The standard InChI is InChI=1S/C12H15N3O3S/c1-8(9-5-13-6-9)12(16)15-10-3-4-11(14-7-10)19(2,17)18/h3-4,7,13H,5-6H2,1-2H3,(H,15,16). The first kappa shape index (κ1) is 13.7. The third kappa shape index (κ3) is 3.18. The number of hydrogen-bond donors (Lipinski definition) is 2. The van der Waals surface area contributed by atoms with Crippen LogP contribution in [-0.2, 0) is 14.6 Å². The molecule has 0 aromatic carbocycles. The lowest BCUT2D eigenvalue weighted by Gasteiger charge is -2.21. The molecule has 1 aliphatic heterocycles. The molecule has 0 bridgehead atoms. The van der Waals surface area contributed by atoms with Gasteiger partial charge in [-0.1, -0.05) is 0 Å². The van der Waals surface area contributed by atoms with Crippen LogP contribution in [0.2, 0.25) is 0 Å². The van der Waals surface area contributed by atoms with Crippen molar-refractivity contribution in [3.8, 4) is 0 Å². The molecule has 102 valence electrons. The zero-order valence-corrected chi connectivity index (χ0v) is 11.5. The summed E-state index contributed by atoms with van der Waals surface area (Å²) in [6.07, 6.45) is 2.43. The second kappa shape index (κ2) is 5.10. The minimum atomic E-state index is -3.31. The molecule has 1 fully saturated rings. The number of nitrogens with zero attached hydrogens (tertiary/aromatic N) is 1. The van der Waals surface area contributed by atoms with Crippen molar-refractivity contribution in [2.75, 3.05) is 24.7 Å². The molecule has 1 aromatic rings. The Balaban J connectivity index is 2.10. The summed E-state index contributed by atoms with van der Waals surface area (Å²) in [5, 5.41) is 5.75. The first-order valence-electron chi connectivity index (χ1n) is 5.75. The maximum Gasteiger partial charge on any atom is 0.251 e. The van der Waals surface area contributed by atoms with Crippen LogP contribution < -0.4 is 10.6 Å². The molecule has 0 radical (unpaired) electrons. The monoisotopic (exact) mass is 281 g/mol. The Labute approximate surface area is 111 Å². The average molecular weight is 281 g/mol. The second-order valence-corrected chi connectivity index (χ2v) is 6.41. The topological polar surface area (TPSA) is 88.2 Å².